The highest BCUT2D eigenvalue weighted by Gasteiger charge is 2.36. The van der Waals surface area contributed by atoms with Crippen molar-refractivity contribution >= 4 is 11.6 Å². The lowest BCUT2D eigenvalue weighted by Gasteiger charge is -2.40. The van der Waals surface area contributed by atoms with Gasteiger partial charge in [0.05, 0.1) is 10.6 Å². The number of benzene rings is 1. The molecule has 0 aromatic heterocycles. The van der Waals surface area contributed by atoms with Crippen LogP contribution in [0.5, 0.6) is 0 Å². The van der Waals surface area contributed by atoms with Gasteiger partial charge >= 0.3 is 0 Å². The summed E-state index contributed by atoms with van der Waals surface area (Å²) in [6.45, 7) is 5.36. The second kappa shape index (κ2) is 6.00. The number of hydrogen-bond donors (Lipinski definition) is 2. The van der Waals surface area contributed by atoms with Gasteiger partial charge in [0.15, 0.2) is 0 Å². The third-order valence-electron chi connectivity index (χ3n) is 4.34. The van der Waals surface area contributed by atoms with Gasteiger partial charge in [0.2, 0.25) is 0 Å². The van der Waals surface area contributed by atoms with Crippen LogP contribution in [0.25, 0.3) is 0 Å². The van der Waals surface area contributed by atoms with Crippen molar-refractivity contribution in [3.8, 4) is 0 Å². The zero-order valence-electron chi connectivity index (χ0n) is 12.2. The number of halogens is 2. The molecule has 0 aliphatic heterocycles. The molecule has 0 heterocycles. The Bertz CT molecular complexity index is 466. The molecule has 1 aliphatic rings. The quantitative estimate of drug-likeness (QED) is 0.884. The summed E-state index contributed by atoms with van der Waals surface area (Å²) < 4.78 is 13.7. The van der Waals surface area contributed by atoms with Crippen LogP contribution in [0.3, 0.4) is 0 Å². The van der Waals surface area contributed by atoms with Gasteiger partial charge in [-0.3, -0.25) is 0 Å². The number of nitrogens with one attached hydrogen (secondary N) is 1. The molecule has 0 unspecified atom stereocenters. The van der Waals surface area contributed by atoms with Crippen LogP contribution in [0, 0.1) is 11.2 Å². The van der Waals surface area contributed by atoms with E-state index < -0.39 is 5.60 Å². The second-order valence-electron chi connectivity index (χ2n) is 6.71. The molecule has 0 amide bonds. The lowest BCUT2D eigenvalue weighted by Crippen LogP contribution is -2.44. The van der Waals surface area contributed by atoms with Gasteiger partial charge in [-0.25, -0.2) is 4.39 Å². The monoisotopic (exact) mass is 299 g/mol. The van der Waals surface area contributed by atoms with Gasteiger partial charge in [-0.05, 0) is 37.2 Å². The zero-order valence-corrected chi connectivity index (χ0v) is 12.9. The van der Waals surface area contributed by atoms with E-state index in [-0.39, 0.29) is 10.8 Å². The Morgan fingerprint density at radius 3 is 2.55 bits per heavy atom. The lowest BCUT2D eigenvalue weighted by molar-refractivity contribution is -0.0245. The van der Waals surface area contributed by atoms with E-state index in [9.17, 15) is 9.50 Å². The third kappa shape index (κ3) is 3.94. The molecule has 1 aromatic carbocycles. The zero-order chi connectivity index (χ0) is 14.8. The molecule has 1 fully saturated rings. The molecule has 0 radical (unpaired) electrons. The molecule has 112 valence electrons. The molecule has 0 bridgehead atoms. The summed E-state index contributed by atoms with van der Waals surface area (Å²) in [6, 6.07) is 4.99. The van der Waals surface area contributed by atoms with E-state index in [0.717, 1.165) is 25.7 Å². The first-order valence-electron chi connectivity index (χ1n) is 7.17. The standard InChI is InChI=1S/C16H23ClFNO/c1-15(2)6-8-16(20,9-7-15)11-19-10-12-4-3-5-13(17)14(12)18/h3-5,19-20H,6-11H2,1-2H3. The molecule has 0 atom stereocenters. The van der Waals surface area contributed by atoms with Crippen LogP contribution in [0.15, 0.2) is 18.2 Å². The van der Waals surface area contributed by atoms with Gasteiger partial charge in [0.1, 0.15) is 5.82 Å². The van der Waals surface area contributed by atoms with Gasteiger partial charge in [-0.15, -0.1) is 0 Å². The Morgan fingerprint density at radius 2 is 1.90 bits per heavy atom. The minimum absolute atomic E-state index is 0.141. The summed E-state index contributed by atoms with van der Waals surface area (Å²) in [5.74, 6) is -0.376. The van der Waals surface area contributed by atoms with Crippen molar-refractivity contribution < 1.29 is 9.50 Å². The maximum atomic E-state index is 13.7. The van der Waals surface area contributed by atoms with Crippen LogP contribution in [-0.2, 0) is 6.54 Å². The minimum Gasteiger partial charge on any atom is -0.389 e. The Kier molecular flexibility index (Phi) is 4.73. The van der Waals surface area contributed by atoms with Crippen molar-refractivity contribution in [3.05, 3.63) is 34.6 Å². The fourth-order valence-corrected chi connectivity index (χ4v) is 2.88. The van der Waals surface area contributed by atoms with Crippen molar-refractivity contribution in [2.45, 2.75) is 51.7 Å². The van der Waals surface area contributed by atoms with E-state index in [1.807, 2.05) is 0 Å². The highest BCUT2D eigenvalue weighted by molar-refractivity contribution is 6.30. The first kappa shape index (κ1) is 15.7. The summed E-state index contributed by atoms with van der Waals surface area (Å²) in [5, 5.41) is 13.8. The molecule has 20 heavy (non-hydrogen) atoms. The summed E-state index contributed by atoms with van der Waals surface area (Å²) in [6.07, 6.45) is 3.64. The fraction of sp³-hybridized carbons (Fsp3) is 0.625. The maximum Gasteiger partial charge on any atom is 0.146 e. The largest absolute Gasteiger partial charge is 0.389 e. The Labute approximate surface area is 125 Å². The van der Waals surface area contributed by atoms with Crippen LogP contribution in [0.1, 0.15) is 45.1 Å². The molecule has 4 heteroatoms. The molecular weight excluding hydrogens is 277 g/mol. The highest BCUT2D eigenvalue weighted by Crippen LogP contribution is 2.39. The van der Waals surface area contributed by atoms with Crippen LogP contribution < -0.4 is 5.32 Å². The van der Waals surface area contributed by atoms with E-state index in [1.54, 1.807) is 12.1 Å². The summed E-state index contributed by atoms with van der Waals surface area (Å²) in [5.41, 5.74) is 0.202. The SMILES string of the molecule is CC1(C)CCC(O)(CNCc2cccc(Cl)c2F)CC1. The first-order valence-corrected chi connectivity index (χ1v) is 7.55. The minimum atomic E-state index is -0.662. The second-order valence-corrected chi connectivity index (χ2v) is 7.11. The summed E-state index contributed by atoms with van der Waals surface area (Å²) in [7, 11) is 0. The van der Waals surface area contributed by atoms with E-state index in [4.69, 9.17) is 11.6 Å². The lowest BCUT2D eigenvalue weighted by atomic mass is 9.71. The van der Waals surface area contributed by atoms with Crippen LogP contribution in [0.4, 0.5) is 4.39 Å². The third-order valence-corrected chi connectivity index (χ3v) is 4.63. The van der Waals surface area contributed by atoms with Crippen LogP contribution in [-0.4, -0.2) is 17.3 Å². The summed E-state index contributed by atoms with van der Waals surface area (Å²) in [4.78, 5) is 0. The molecule has 0 spiro atoms. The Balaban J connectivity index is 1.85. The van der Waals surface area contributed by atoms with Crippen molar-refractivity contribution in [2.24, 2.45) is 5.41 Å². The molecule has 1 aliphatic carbocycles. The predicted octanol–water partition coefficient (Wildman–Crippen LogP) is 3.90. The Hall–Kier alpha value is -0.640. The first-order chi connectivity index (χ1) is 9.31. The number of rotatable bonds is 4. The van der Waals surface area contributed by atoms with E-state index in [0.29, 0.717) is 24.1 Å². The predicted molar refractivity (Wildman–Crippen MR) is 80.3 cm³/mol. The van der Waals surface area contributed by atoms with Crippen LogP contribution in [0.2, 0.25) is 5.02 Å². The molecular formula is C16H23ClFNO. The topological polar surface area (TPSA) is 32.3 Å². The fourth-order valence-electron chi connectivity index (χ4n) is 2.68. The molecule has 0 saturated heterocycles. The van der Waals surface area contributed by atoms with E-state index >= 15 is 0 Å². The highest BCUT2D eigenvalue weighted by atomic mass is 35.5. The van der Waals surface area contributed by atoms with Crippen molar-refractivity contribution in [2.75, 3.05) is 6.54 Å². The number of hydrogen-bond acceptors (Lipinski definition) is 2. The molecule has 2 nitrogen and oxygen atoms in total. The van der Waals surface area contributed by atoms with Gasteiger partial charge in [0.25, 0.3) is 0 Å². The van der Waals surface area contributed by atoms with Gasteiger partial charge in [-0.1, -0.05) is 37.6 Å². The van der Waals surface area contributed by atoms with Crippen molar-refractivity contribution in [1.29, 1.82) is 0 Å². The van der Waals surface area contributed by atoms with Crippen molar-refractivity contribution in [1.82, 2.24) is 5.32 Å². The number of aliphatic hydroxyl groups is 1. The van der Waals surface area contributed by atoms with Crippen molar-refractivity contribution in [3.63, 3.8) is 0 Å². The van der Waals surface area contributed by atoms with E-state index in [2.05, 4.69) is 19.2 Å². The van der Waals surface area contributed by atoms with Gasteiger partial charge in [-0.2, -0.15) is 0 Å². The van der Waals surface area contributed by atoms with Crippen LogP contribution >= 0.6 is 11.6 Å². The molecule has 2 rings (SSSR count). The smallest absolute Gasteiger partial charge is 0.146 e. The maximum absolute atomic E-state index is 13.7. The average Bonchev–Trinajstić information content (AvgIpc) is 2.39. The van der Waals surface area contributed by atoms with Gasteiger partial charge in [0, 0.05) is 18.7 Å². The molecule has 2 N–H and O–H groups in total. The normalized spacial score (nSPS) is 20.9. The molecule has 1 aromatic rings. The summed E-state index contributed by atoms with van der Waals surface area (Å²) >= 11 is 5.75. The van der Waals surface area contributed by atoms with Gasteiger partial charge < -0.3 is 10.4 Å². The van der Waals surface area contributed by atoms with E-state index in [1.165, 1.54) is 6.07 Å². The Morgan fingerprint density at radius 1 is 1.25 bits per heavy atom. The average molecular weight is 300 g/mol. The molecule has 1 saturated carbocycles.